The minimum atomic E-state index is -0.737. The van der Waals surface area contributed by atoms with Gasteiger partial charge in [-0.05, 0) is 76.3 Å². The molecule has 1 saturated carbocycles. The third-order valence-corrected chi connectivity index (χ3v) is 7.82. The number of hydrogen-bond donors (Lipinski definition) is 2. The van der Waals surface area contributed by atoms with Gasteiger partial charge < -0.3 is 19.6 Å². The minimum absolute atomic E-state index is 0.0848. The van der Waals surface area contributed by atoms with Crippen LogP contribution in [0.15, 0.2) is 0 Å². The summed E-state index contributed by atoms with van der Waals surface area (Å²) in [4.78, 5) is 23.8. The van der Waals surface area contributed by atoms with Crippen LogP contribution in [0.25, 0.3) is 0 Å². The lowest BCUT2D eigenvalue weighted by Crippen LogP contribution is -2.55. The first-order valence-corrected chi connectivity index (χ1v) is 11.4. The lowest BCUT2D eigenvalue weighted by molar-refractivity contribution is -0.188. The highest BCUT2D eigenvalue weighted by Crippen LogP contribution is 2.51. The molecule has 4 fully saturated rings. The van der Waals surface area contributed by atoms with Crippen LogP contribution in [-0.4, -0.2) is 90.8 Å². The molecule has 2 unspecified atom stereocenters. The van der Waals surface area contributed by atoms with E-state index in [4.69, 9.17) is 9.57 Å². The van der Waals surface area contributed by atoms with E-state index < -0.39 is 6.41 Å². The SMILES string of the molecule is CCOC(O)N1CCC2(CC(N3CCC(C4CCCN4C(=O)NOC)CC3)C2)C1. The summed E-state index contributed by atoms with van der Waals surface area (Å²) in [5.74, 6) is 0.605. The third-order valence-electron chi connectivity index (χ3n) is 7.82. The highest BCUT2D eigenvalue weighted by atomic mass is 16.6. The van der Waals surface area contributed by atoms with E-state index in [9.17, 15) is 9.90 Å². The number of hydroxylamine groups is 1. The van der Waals surface area contributed by atoms with E-state index in [1.165, 1.54) is 39.2 Å². The van der Waals surface area contributed by atoms with Gasteiger partial charge in [-0.15, -0.1) is 0 Å². The van der Waals surface area contributed by atoms with Crippen molar-refractivity contribution in [2.24, 2.45) is 11.3 Å². The fourth-order valence-electron chi connectivity index (χ4n) is 6.29. The lowest BCUT2D eigenvalue weighted by atomic mass is 9.64. The number of likely N-dealkylation sites (tertiary alicyclic amines) is 3. The Bertz CT molecular complexity index is 563. The molecule has 0 aromatic rings. The first-order valence-electron chi connectivity index (χ1n) is 11.4. The zero-order valence-corrected chi connectivity index (χ0v) is 18.0. The van der Waals surface area contributed by atoms with Gasteiger partial charge in [0, 0.05) is 38.3 Å². The second kappa shape index (κ2) is 9.06. The molecule has 0 radical (unpaired) electrons. The van der Waals surface area contributed by atoms with E-state index in [1.807, 2.05) is 11.8 Å². The van der Waals surface area contributed by atoms with Crippen molar-refractivity contribution in [3.05, 3.63) is 0 Å². The Labute approximate surface area is 174 Å². The first kappa shape index (κ1) is 21.3. The van der Waals surface area contributed by atoms with Crippen molar-refractivity contribution in [1.29, 1.82) is 0 Å². The van der Waals surface area contributed by atoms with E-state index in [-0.39, 0.29) is 6.03 Å². The van der Waals surface area contributed by atoms with Gasteiger partial charge >= 0.3 is 6.03 Å². The van der Waals surface area contributed by atoms with E-state index >= 15 is 0 Å². The molecule has 3 heterocycles. The molecular weight excluding hydrogens is 372 g/mol. The second-order valence-electron chi connectivity index (χ2n) is 9.45. The molecule has 2 atom stereocenters. The van der Waals surface area contributed by atoms with Gasteiger partial charge in [0.25, 0.3) is 0 Å². The predicted octanol–water partition coefficient (Wildman–Crippen LogP) is 1.60. The van der Waals surface area contributed by atoms with Gasteiger partial charge in [0.2, 0.25) is 6.41 Å². The Balaban J connectivity index is 1.22. The molecule has 2 amide bonds. The van der Waals surface area contributed by atoms with Crippen LogP contribution in [0.4, 0.5) is 4.79 Å². The number of rotatable bonds is 6. The molecular formula is C21H38N4O4. The van der Waals surface area contributed by atoms with Crippen molar-refractivity contribution in [3.8, 4) is 0 Å². The van der Waals surface area contributed by atoms with Gasteiger partial charge in [-0.25, -0.2) is 10.3 Å². The molecule has 8 heteroatoms. The normalized spacial score (nSPS) is 35.2. The van der Waals surface area contributed by atoms with Crippen LogP contribution in [0, 0.1) is 11.3 Å². The summed E-state index contributed by atoms with van der Waals surface area (Å²) >= 11 is 0. The van der Waals surface area contributed by atoms with Gasteiger partial charge in [-0.2, -0.15) is 0 Å². The summed E-state index contributed by atoms with van der Waals surface area (Å²) in [6.07, 6.45) is 7.51. The lowest BCUT2D eigenvalue weighted by Gasteiger charge is -2.52. The van der Waals surface area contributed by atoms with Crippen molar-refractivity contribution in [2.75, 3.05) is 46.4 Å². The van der Waals surface area contributed by atoms with Gasteiger partial charge in [-0.1, -0.05) is 0 Å². The second-order valence-corrected chi connectivity index (χ2v) is 9.45. The van der Waals surface area contributed by atoms with Crippen molar-refractivity contribution in [1.82, 2.24) is 20.2 Å². The van der Waals surface area contributed by atoms with E-state index in [0.29, 0.717) is 30.0 Å². The molecule has 0 aromatic carbocycles. The number of amides is 2. The molecule has 3 saturated heterocycles. The molecule has 8 nitrogen and oxygen atoms in total. The average Bonchev–Trinajstić information content (AvgIpc) is 3.35. The fourth-order valence-corrected chi connectivity index (χ4v) is 6.29. The monoisotopic (exact) mass is 410 g/mol. The Kier molecular flexibility index (Phi) is 6.65. The van der Waals surface area contributed by atoms with Crippen molar-refractivity contribution in [2.45, 2.75) is 70.4 Å². The summed E-state index contributed by atoms with van der Waals surface area (Å²) in [5, 5.41) is 10.1. The molecule has 166 valence electrons. The number of aliphatic hydroxyl groups excluding tert-OH is 1. The van der Waals surface area contributed by atoms with E-state index in [1.54, 1.807) is 0 Å². The Morgan fingerprint density at radius 1 is 1.21 bits per heavy atom. The quantitative estimate of drug-likeness (QED) is 0.512. The Morgan fingerprint density at radius 2 is 1.97 bits per heavy atom. The molecule has 0 bridgehead atoms. The number of hydrogen-bond acceptors (Lipinski definition) is 6. The zero-order valence-electron chi connectivity index (χ0n) is 18.0. The minimum Gasteiger partial charge on any atom is -0.356 e. The van der Waals surface area contributed by atoms with Crippen LogP contribution >= 0.6 is 0 Å². The number of nitrogens with one attached hydrogen (secondary N) is 1. The van der Waals surface area contributed by atoms with Crippen LogP contribution in [0.2, 0.25) is 0 Å². The van der Waals surface area contributed by atoms with Crippen molar-refractivity contribution >= 4 is 6.03 Å². The largest absolute Gasteiger partial charge is 0.356 e. The number of carbonyl (C=O) groups is 1. The molecule has 1 spiro atoms. The molecule has 0 aromatic heterocycles. The average molecular weight is 411 g/mol. The summed E-state index contributed by atoms with van der Waals surface area (Å²) in [5.41, 5.74) is 2.88. The molecule has 4 rings (SSSR count). The van der Waals surface area contributed by atoms with Crippen molar-refractivity contribution < 1.29 is 19.5 Å². The third kappa shape index (κ3) is 4.42. The molecule has 4 aliphatic rings. The highest BCUT2D eigenvalue weighted by Gasteiger charge is 2.51. The Morgan fingerprint density at radius 3 is 2.66 bits per heavy atom. The zero-order chi connectivity index (χ0) is 20.4. The van der Waals surface area contributed by atoms with E-state index in [2.05, 4.69) is 15.3 Å². The Hall–Kier alpha value is -0.930. The van der Waals surface area contributed by atoms with Gasteiger partial charge in [-0.3, -0.25) is 9.74 Å². The van der Waals surface area contributed by atoms with Gasteiger partial charge in [0.1, 0.15) is 0 Å². The summed E-state index contributed by atoms with van der Waals surface area (Å²) < 4.78 is 5.36. The molecule has 1 aliphatic carbocycles. The first-order chi connectivity index (χ1) is 14.0. The summed E-state index contributed by atoms with van der Waals surface area (Å²) in [6.45, 7) is 7.51. The number of aliphatic hydroxyl groups is 1. The number of piperidine rings is 1. The number of ether oxygens (including phenoxy) is 1. The summed E-state index contributed by atoms with van der Waals surface area (Å²) in [6, 6.07) is 0.971. The predicted molar refractivity (Wildman–Crippen MR) is 109 cm³/mol. The maximum atomic E-state index is 12.2. The number of carbonyl (C=O) groups excluding carboxylic acids is 1. The fraction of sp³-hybridized carbons (Fsp3) is 0.952. The van der Waals surface area contributed by atoms with Crippen LogP contribution < -0.4 is 5.48 Å². The van der Waals surface area contributed by atoms with Crippen molar-refractivity contribution in [3.63, 3.8) is 0 Å². The van der Waals surface area contributed by atoms with Gasteiger partial charge in [0.05, 0.1) is 7.11 Å². The molecule has 2 N–H and O–H groups in total. The topological polar surface area (TPSA) is 77.5 Å². The smallest absolute Gasteiger partial charge is 0.341 e. The van der Waals surface area contributed by atoms with Gasteiger partial charge in [0.15, 0.2) is 0 Å². The molecule has 3 aliphatic heterocycles. The van der Waals surface area contributed by atoms with Crippen LogP contribution in [0.5, 0.6) is 0 Å². The van der Waals surface area contributed by atoms with Crippen LogP contribution in [0.3, 0.4) is 0 Å². The highest BCUT2D eigenvalue weighted by molar-refractivity contribution is 5.73. The van der Waals surface area contributed by atoms with Crippen LogP contribution in [-0.2, 0) is 9.57 Å². The van der Waals surface area contributed by atoms with Crippen LogP contribution in [0.1, 0.15) is 51.9 Å². The maximum Gasteiger partial charge on any atom is 0.341 e. The van der Waals surface area contributed by atoms with E-state index in [0.717, 1.165) is 45.6 Å². The number of urea groups is 1. The standard InChI is InChI=1S/C21H38N4O4/c1-3-29-20(27)24-12-8-21(15-24)13-17(14-21)23-10-6-16(7-11-23)18-5-4-9-25(18)19(26)22-28-2/h16-18,20,27H,3-15H2,1-2H3,(H,22,26). The number of nitrogens with zero attached hydrogens (tertiary/aromatic N) is 3. The molecule has 29 heavy (non-hydrogen) atoms. The summed E-state index contributed by atoms with van der Waals surface area (Å²) in [7, 11) is 1.49. The maximum absolute atomic E-state index is 12.2.